The fourth-order valence-electron chi connectivity index (χ4n) is 2.10. The molecule has 106 valence electrons. The number of carbonyl (C=O) groups is 1. The number of nitrogens with two attached hydrogens (primary N) is 1. The first kappa shape index (κ1) is 14.1. The van der Waals surface area contributed by atoms with E-state index in [1.165, 1.54) is 0 Å². The number of anilines is 2. The molecule has 1 amide bonds. The zero-order valence-corrected chi connectivity index (χ0v) is 12.1. The van der Waals surface area contributed by atoms with Gasteiger partial charge < -0.3 is 15.5 Å². The normalized spacial score (nSPS) is 10.6. The second kappa shape index (κ2) is 5.77. The summed E-state index contributed by atoms with van der Waals surface area (Å²) in [5.74, 6) is 0.0762. The molecule has 2 N–H and O–H groups in total. The zero-order valence-electron chi connectivity index (χ0n) is 12.1. The van der Waals surface area contributed by atoms with Crippen LogP contribution in [0.25, 0.3) is 10.9 Å². The van der Waals surface area contributed by atoms with Gasteiger partial charge in [-0.3, -0.25) is 9.78 Å². The molecule has 20 heavy (non-hydrogen) atoms. The average molecular weight is 272 g/mol. The van der Waals surface area contributed by atoms with Gasteiger partial charge in [0.25, 0.3) is 0 Å². The van der Waals surface area contributed by atoms with Gasteiger partial charge in [0.1, 0.15) is 0 Å². The Bertz CT molecular complexity index is 624. The van der Waals surface area contributed by atoms with E-state index in [4.69, 9.17) is 5.73 Å². The molecule has 0 aliphatic rings. The zero-order chi connectivity index (χ0) is 14.7. The second-order valence-corrected chi connectivity index (χ2v) is 4.91. The molecule has 0 unspecified atom stereocenters. The van der Waals surface area contributed by atoms with Crippen LogP contribution in [0.2, 0.25) is 0 Å². The van der Waals surface area contributed by atoms with Crippen LogP contribution in [0.5, 0.6) is 0 Å². The number of aromatic nitrogens is 1. The Hall–Kier alpha value is -2.30. The van der Waals surface area contributed by atoms with E-state index < -0.39 is 0 Å². The molecule has 0 saturated carbocycles. The number of fused-ring (bicyclic) bond motifs is 1. The molecule has 0 bridgehead atoms. The highest BCUT2D eigenvalue weighted by atomic mass is 16.2. The van der Waals surface area contributed by atoms with Gasteiger partial charge in [-0.15, -0.1) is 0 Å². The van der Waals surface area contributed by atoms with E-state index in [0.29, 0.717) is 12.2 Å². The Morgan fingerprint density at radius 1 is 1.30 bits per heavy atom. The average Bonchev–Trinajstić information content (AvgIpc) is 2.43. The van der Waals surface area contributed by atoms with Crippen molar-refractivity contribution in [2.24, 2.45) is 0 Å². The lowest BCUT2D eigenvalue weighted by molar-refractivity contribution is -0.127. The van der Waals surface area contributed by atoms with E-state index in [9.17, 15) is 4.79 Å². The standard InChI is InChI=1S/C15H20N4O/c1-4-19(10-15(20)18(2)3)14-7-8-17-13-9-11(16)5-6-12(13)14/h5-9H,4,10,16H2,1-3H3. The van der Waals surface area contributed by atoms with Gasteiger partial charge in [0.05, 0.1) is 12.1 Å². The molecule has 0 aliphatic heterocycles. The van der Waals surface area contributed by atoms with Crippen molar-refractivity contribution in [2.75, 3.05) is 37.8 Å². The largest absolute Gasteiger partial charge is 0.399 e. The third kappa shape index (κ3) is 2.82. The van der Waals surface area contributed by atoms with E-state index in [1.807, 2.05) is 36.1 Å². The summed E-state index contributed by atoms with van der Waals surface area (Å²) in [6, 6.07) is 7.59. The molecule has 0 spiro atoms. The summed E-state index contributed by atoms with van der Waals surface area (Å²) in [6.07, 6.45) is 1.75. The van der Waals surface area contributed by atoms with Crippen molar-refractivity contribution in [3.8, 4) is 0 Å². The van der Waals surface area contributed by atoms with Gasteiger partial charge in [-0.1, -0.05) is 0 Å². The number of hydrogen-bond donors (Lipinski definition) is 1. The van der Waals surface area contributed by atoms with Gasteiger partial charge in [0.2, 0.25) is 5.91 Å². The minimum Gasteiger partial charge on any atom is -0.399 e. The molecule has 2 rings (SSSR count). The van der Waals surface area contributed by atoms with E-state index in [1.54, 1.807) is 25.2 Å². The molecule has 1 aromatic carbocycles. The minimum atomic E-state index is 0.0762. The van der Waals surface area contributed by atoms with Crippen LogP contribution in [0, 0.1) is 0 Å². The van der Waals surface area contributed by atoms with Crippen molar-refractivity contribution in [2.45, 2.75) is 6.92 Å². The third-order valence-corrected chi connectivity index (χ3v) is 3.29. The van der Waals surface area contributed by atoms with Gasteiger partial charge in [-0.05, 0) is 31.2 Å². The van der Waals surface area contributed by atoms with Crippen LogP contribution >= 0.6 is 0 Å². The lowest BCUT2D eigenvalue weighted by Gasteiger charge is -2.25. The molecular weight excluding hydrogens is 252 g/mol. The maximum absolute atomic E-state index is 11.9. The fraction of sp³-hybridized carbons (Fsp3) is 0.333. The van der Waals surface area contributed by atoms with Crippen molar-refractivity contribution in [1.82, 2.24) is 9.88 Å². The summed E-state index contributed by atoms with van der Waals surface area (Å²) < 4.78 is 0. The summed E-state index contributed by atoms with van der Waals surface area (Å²) in [5.41, 5.74) is 8.33. The number of carbonyl (C=O) groups excluding carboxylic acids is 1. The molecule has 1 heterocycles. The summed E-state index contributed by atoms with van der Waals surface area (Å²) in [4.78, 5) is 19.9. The van der Waals surface area contributed by atoms with Gasteiger partial charge in [0, 0.05) is 43.6 Å². The number of likely N-dealkylation sites (N-methyl/N-ethyl adjacent to an activating group) is 2. The number of amides is 1. The van der Waals surface area contributed by atoms with Crippen LogP contribution in [0.3, 0.4) is 0 Å². The lowest BCUT2D eigenvalue weighted by Crippen LogP contribution is -2.36. The number of nitrogen functional groups attached to an aromatic ring is 1. The molecular formula is C15H20N4O. The Labute approximate surface area is 119 Å². The molecule has 0 fully saturated rings. The smallest absolute Gasteiger partial charge is 0.241 e. The van der Waals surface area contributed by atoms with E-state index >= 15 is 0 Å². The summed E-state index contributed by atoms with van der Waals surface area (Å²) in [5, 5.41) is 1.01. The predicted octanol–water partition coefficient (Wildman–Crippen LogP) is 1.73. The van der Waals surface area contributed by atoms with Crippen molar-refractivity contribution in [1.29, 1.82) is 0 Å². The number of benzene rings is 1. The quantitative estimate of drug-likeness (QED) is 0.861. The van der Waals surface area contributed by atoms with E-state index in [0.717, 1.165) is 23.1 Å². The highest BCUT2D eigenvalue weighted by molar-refractivity contribution is 5.94. The monoisotopic (exact) mass is 272 g/mol. The van der Waals surface area contributed by atoms with Crippen LogP contribution in [0.15, 0.2) is 30.5 Å². The first-order valence-corrected chi connectivity index (χ1v) is 6.62. The van der Waals surface area contributed by atoms with E-state index in [-0.39, 0.29) is 5.91 Å². The van der Waals surface area contributed by atoms with E-state index in [2.05, 4.69) is 4.98 Å². The molecule has 5 nitrogen and oxygen atoms in total. The summed E-state index contributed by atoms with van der Waals surface area (Å²) in [6.45, 7) is 3.14. The van der Waals surface area contributed by atoms with Gasteiger partial charge in [0.15, 0.2) is 0 Å². The Kier molecular flexibility index (Phi) is 4.08. The van der Waals surface area contributed by atoms with Crippen LogP contribution in [-0.2, 0) is 4.79 Å². The predicted molar refractivity (Wildman–Crippen MR) is 82.7 cm³/mol. The van der Waals surface area contributed by atoms with Crippen LogP contribution in [0.1, 0.15) is 6.92 Å². The third-order valence-electron chi connectivity index (χ3n) is 3.29. The second-order valence-electron chi connectivity index (χ2n) is 4.91. The summed E-state index contributed by atoms with van der Waals surface area (Å²) in [7, 11) is 3.53. The lowest BCUT2D eigenvalue weighted by atomic mass is 10.1. The van der Waals surface area contributed by atoms with Gasteiger partial charge >= 0.3 is 0 Å². The first-order chi connectivity index (χ1) is 9.52. The maximum Gasteiger partial charge on any atom is 0.241 e. The first-order valence-electron chi connectivity index (χ1n) is 6.62. The molecule has 0 atom stereocenters. The molecule has 5 heteroatoms. The van der Waals surface area contributed by atoms with Gasteiger partial charge in [-0.2, -0.15) is 0 Å². The number of hydrogen-bond acceptors (Lipinski definition) is 4. The molecule has 0 aliphatic carbocycles. The van der Waals surface area contributed by atoms with Crippen molar-refractivity contribution in [3.63, 3.8) is 0 Å². The number of pyridine rings is 1. The molecule has 0 radical (unpaired) electrons. The molecule has 2 aromatic rings. The van der Waals surface area contributed by atoms with Crippen molar-refractivity contribution >= 4 is 28.2 Å². The molecule has 0 saturated heterocycles. The highest BCUT2D eigenvalue weighted by Gasteiger charge is 2.14. The van der Waals surface area contributed by atoms with Crippen LogP contribution < -0.4 is 10.6 Å². The summed E-state index contributed by atoms with van der Waals surface area (Å²) >= 11 is 0. The number of rotatable bonds is 4. The topological polar surface area (TPSA) is 62.5 Å². The minimum absolute atomic E-state index is 0.0762. The van der Waals surface area contributed by atoms with Crippen LogP contribution in [0.4, 0.5) is 11.4 Å². The number of nitrogens with zero attached hydrogens (tertiary/aromatic N) is 3. The maximum atomic E-state index is 11.9. The van der Waals surface area contributed by atoms with Crippen molar-refractivity contribution in [3.05, 3.63) is 30.5 Å². The van der Waals surface area contributed by atoms with Crippen LogP contribution in [-0.4, -0.2) is 43.0 Å². The van der Waals surface area contributed by atoms with Gasteiger partial charge in [-0.25, -0.2) is 0 Å². The Balaban J connectivity index is 2.42. The SMILES string of the molecule is CCN(CC(=O)N(C)C)c1ccnc2cc(N)ccc12. The Morgan fingerprint density at radius 2 is 2.05 bits per heavy atom. The van der Waals surface area contributed by atoms with Crippen molar-refractivity contribution < 1.29 is 4.79 Å². The Morgan fingerprint density at radius 3 is 2.70 bits per heavy atom. The highest BCUT2D eigenvalue weighted by Crippen LogP contribution is 2.26. The molecule has 1 aromatic heterocycles. The fourth-order valence-corrected chi connectivity index (χ4v) is 2.10.